The summed E-state index contributed by atoms with van der Waals surface area (Å²) < 4.78 is 16.1. The number of thioether (sulfide) groups is 1. The molecule has 0 bridgehead atoms. The van der Waals surface area contributed by atoms with E-state index in [-0.39, 0.29) is 18.7 Å². The lowest BCUT2D eigenvalue weighted by Crippen LogP contribution is -2.16. The number of carbonyl (C=O) groups is 2. The molecule has 1 N–H and O–H groups in total. The molecule has 8 nitrogen and oxygen atoms in total. The standard InChI is InChI=1S/C17H17N3O5S2/c1-3-23-15(22)10(2)26-17-20-19-16(27-17)18-14(21)7-5-11-4-6-12-13(8-11)25-9-24-12/h4-8,10H,3,9H2,1-2H3,(H,18,19,21)/b7-5-. The molecule has 1 aromatic carbocycles. The van der Waals surface area contributed by atoms with E-state index in [2.05, 4.69) is 15.5 Å². The van der Waals surface area contributed by atoms with Crippen molar-refractivity contribution in [2.24, 2.45) is 0 Å². The SMILES string of the molecule is CCOC(=O)C(C)Sc1nnc(NC(=O)/C=C\c2ccc3c(c2)OCO3)s1. The van der Waals surface area contributed by atoms with Crippen LogP contribution < -0.4 is 14.8 Å². The highest BCUT2D eigenvalue weighted by Crippen LogP contribution is 2.33. The van der Waals surface area contributed by atoms with Crippen LogP contribution in [0.1, 0.15) is 19.4 Å². The van der Waals surface area contributed by atoms with Crippen LogP contribution in [0.3, 0.4) is 0 Å². The second-order valence-corrected chi connectivity index (χ2v) is 7.89. The molecule has 1 unspecified atom stereocenters. The molecule has 3 rings (SSSR count). The molecule has 1 aliphatic rings. The third-order valence-electron chi connectivity index (χ3n) is 3.36. The Morgan fingerprint density at radius 2 is 2.19 bits per heavy atom. The number of amides is 1. The van der Waals surface area contributed by atoms with Crippen molar-refractivity contribution in [1.29, 1.82) is 0 Å². The summed E-state index contributed by atoms with van der Waals surface area (Å²) >= 11 is 2.43. The first-order chi connectivity index (χ1) is 13.0. The minimum atomic E-state index is -0.396. The van der Waals surface area contributed by atoms with E-state index in [4.69, 9.17) is 14.2 Å². The normalized spacial score (nSPS) is 13.6. The van der Waals surface area contributed by atoms with Crippen LogP contribution in [0.2, 0.25) is 0 Å². The predicted octanol–water partition coefficient (Wildman–Crippen LogP) is 2.96. The monoisotopic (exact) mass is 407 g/mol. The fourth-order valence-electron chi connectivity index (χ4n) is 2.10. The summed E-state index contributed by atoms with van der Waals surface area (Å²) in [5, 5.41) is 10.5. The van der Waals surface area contributed by atoms with Gasteiger partial charge in [-0.3, -0.25) is 14.9 Å². The van der Waals surface area contributed by atoms with Gasteiger partial charge in [0, 0.05) is 6.08 Å². The molecule has 1 aliphatic heterocycles. The first-order valence-electron chi connectivity index (χ1n) is 8.10. The summed E-state index contributed by atoms with van der Waals surface area (Å²) in [5.41, 5.74) is 0.811. The van der Waals surface area contributed by atoms with Gasteiger partial charge in [-0.25, -0.2) is 0 Å². The van der Waals surface area contributed by atoms with Crippen molar-refractivity contribution in [3.63, 3.8) is 0 Å². The number of nitrogens with one attached hydrogen (secondary N) is 1. The molecule has 2 heterocycles. The Labute approximate surface area is 163 Å². The topological polar surface area (TPSA) is 99.6 Å². The molecule has 1 atom stereocenters. The largest absolute Gasteiger partial charge is 0.465 e. The molecule has 1 amide bonds. The molecule has 27 heavy (non-hydrogen) atoms. The lowest BCUT2D eigenvalue weighted by molar-refractivity contribution is -0.142. The maximum absolute atomic E-state index is 12.0. The molecule has 2 aromatic rings. The fourth-order valence-corrected chi connectivity index (χ4v) is 4.00. The lowest BCUT2D eigenvalue weighted by atomic mass is 10.2. The van der Waals surface area contributed by atoms with Gasteiger partial charge >= 0.3 is 5.97 Å². The van der Waals surface area contributed by atoms with Gasteiger partial charge < -0.3 is 14.2 Å². The summed E-state index contributed by atoms with van der Waals surface area (Å²) in [5.74, 6) is 0.695. The third kappa shape index (κ3) is 5.20. The second-order valence-electron chi connectivity index (χ2n) is 5.32. The number of aromatic nitrogens is 2. The minimum absolute atomic E-state index is 0.204. The van der Waals surface area contributed by atoms with Gasteiger partial charge in [0.25, 0.3) is 0 Å². The number of esters is 1. The summed E-state index contributed by atoms with van der Waals surface area (Å²) in [6.45, 7) is 4.02. The Kier molecular flexibility index (Phi) is 6.30. The van der Waals surface area contributed by atoms with Gasteiger partial charge in [0.2, 0.25) is 17.8 Å². The average Bonchev–Trinajstić information content (AvgIpc) is 3.28. The summed E-state index contributed by atoms with van der Waals surface area (Å²) in [6, 6.07) is 5.41. The van der Waals surface area contributed by atoms with Crippen LogP contribution in [0.5, 0.6) is 11.5 Å². The Bertz CT molecular complexity index is 868. The van der Waals surface area contributed by atoms with Gasteiger partial charge in [-0.2, -0.15) is 0 Å². The van der Waals surface area contributed by atoms with E-state index in [1.54, 1.807) is 32.1 Å². The maximum Gasteiger partial charge on any atom is 0.319 e. The van der Waals surface area contributed by atoms with E-state index < -0.39 is 5.25 Å². The zero-order chi connectivity index (χ0) is 19.2. The van der Waals surface area contributed by atoms with Crippen LogP contribution in [-0.2, 0) is 14.3 Å². The number of hydrogen-bond donors (Lipinski definition) is 1. The molecule has 142 valence electrons. The number of anilines is 1. The van der Waals surface area contributed by atoms with Crippen LogP contribution in [0, 0.1) is 0 Å². The fraction of sp³-hybridized carbons (Fsp3) is 0.294. The van der Waals surface area contributed by atoms with Crippen LogP contribution in [0.25, 0.3) is 6.08 Å². The van der Waals surface area contributed by atoms with Gasteiger partial charge in [0.15, 0.2) is 15.8 Å². The van der Waals surface area contributed by atoms with E-state index in [1.807, 2.05) is 6.07 Å². The Morgan fingerprint density at radius 3 is 3.00 bits per heavy atom. The van der Waals surface area contributed by atoms with Crippen molar-refractivity contribution in [3.05, 3.63) is 29.8 Å². The van der Waals surface area contributed by atoms with Crippen molar-refractivity contribution in [2.75, 3.05) is 18.7 Å². The molecular weight excluding hydrogens is 390 g/mol. The first kappa shape index (κ1) is 19.2. The van der Waals surface area contributed by atoms with Gasteiger partial charge in [0.1, 0.15) is 5.25 Å². The van der Waals surface area contributed by atoms with E-state index >= 15 is 0 Å². The van der Waals surface area contributed by atoms with E-state index in [0.717, 1.165) is 5.56 Å². The summed E-state index contributed by atoms with van der Waals surface area (Å²) in [7, 11) is 0. The maximum atomic E-state index is 12.0. The number of rotatable bonds is 7. The highest BCUT2D eigenvalue weighted by molar-refractivity contribution is 8.02. The average molecular weight is 407 g/mol. The Balaban J connectivity index is 1.54. The number of fused-ring (bicyclic) bond motifs is 1. The zero-order valence-electron chi connectivity index (χ0n) is 14.6. The van der Waals surface area contributed by atoms with Crippen molar-refractivity contribution >= 4 is 46.2 Å². The molecule has 0 saturated heterocycles. The molecular formula is C17H17N3O5S2. The van der Waals surface area contributed by atoms with Crippen LogP contribution in [-0.4, -0.2) is 40.7 Å². The number of hydrogen-bond acceptors (Lipinski definition) is 9. The molecule has 10 heteroatoms. The van der Waals surface area contributed by atoms with Gasteiger partial charge in [0.05, 0.1) is 6.61 Å². The summed E-state index contributed by atoms with van der Waals surface area (Å²) in [6.07, 6.45) is 3.06. The van der Waals surface area contributed by atoms with Crippen LogP contribution in [0.4, 0.5) is 5.13 Å². The first-order valence-corrected chi connectivity index (χ1v) is 9.80. The molecule has 0 saturated carbocycles. The van der Waals surface area contributed by atoms with E-state index in [1.165, 1.54) is 29.2 Å². The lowest BCUT2D eigenvalue weighted by Gasteiger charge is -2.06. The zero-order valence-corrected chi connectivity index (χ0v) is 16.3. The van der Waals surface area contributed by atoms with Crippen LogP contribution >= 0.6 is 23.1 Å². The van der Waals surface area contributed by atoms with Crippen molar-refractivity contribution in [2.45, 2.75) is 23.4 Å². The number of carbonyl (C=O) groups excluding carboxylic acids is 2. The highest BCUT2D eigenvalue weighted by atomic mass is 32.2. The summed E-state index contributed by atoms with van der Waals surface area (Å²) in [4.78, 5) is 23.7. The van der Waals surface area contributed by atoms with Gasteiger partial charge in [-0.15, -0.1) is 10.2 Å². The third-order valence-corrected chi connectivity index (χ3v) is 5.36. The molecule has 0 radical (unpaired) electrons. The van der Waals surface area contributed by atoms with Gasteiger partial charge in [-0.1, -0.05) is 29.2 Å². The molecule has 0 fully saturated rings. The van der Waals surface area contributed by atoms with E-state index in [9.17, 15) is 9.59 Å². The van der Waals surface area contributed by atoms with Crippen LogP contribution in [0.15, 0.2) is 28.6 Å². The minimum Gasteiger partial charge on any atom is -0.465 e. The highest BCUT2D eigenvalue weighted by Gasteiger charge is 2.18. The van der Waals surface area contributed by atoms with Crippen molar-refractivity contribution in [3.8, 4) is 11.5 Å². The Morgan fingerprint density at radius 1 is 1.37 bits per heavy atom. The predicted molar refractivity (Wildman–Crippen MR) is 102 cm³/mol. The quantitative estimate of drug-likeness (QED) is 0.324. The molecule has 1 aromatic heterocycles. The smallest absolute Gasteiger partial charge is 0.319 e. The molecule has 0 spiro atoms. The number of ether oxygens (including phenoxy) is 3. The van der Waals surface area contributed by atoms with E-state index in [0.29, 0.717) is 27.6 Å². The Hall–Kier alpha value is -2.59. The van der Waals surface area contributed by atoms with Crippen molar-refractivity contribution < 1.29 is 23.8 Å². The second kappa shape index (κ2) is 8.87. The van der Waals surface area contributed by atoms with Crippen molar-refractivity contribution in [1.82, 2.24) is 10.2 Å². The number of benzene rings is 1. The molecule has 0 aliphatic carbocycles. The number of nitrogens with zero attached hydrogens (tertiary/aromatic N) is 2. The van der Waals surface area contributed by atoms with Gasteiger partial charge in [-0.05, 0) is 37.6 Å².